The Morgan fingerprint density at radius 3 is 2.28 bits per heavy atom. The van der Waals surface area contributed by atoms with E-state index in [4.69, 9.17) is 9.26 Å². The third kappa shape index (κ3) is 5.40. The number of ether oxygens (including phenoxy) is 1. The van der Waals surface area contributed by atoms with Crippen LogP contribution in [-0.4, -0.2) is 36.1 Å². The van der Waals surface area contributed by atoms with E-state index in [0.717, 1.165) is 22.4 Å². The second-order valence-electron chi connectivity index (χ2n) is 7.50. The van der Waals surface area contributed by atoms with E-state index in [-0.39, 0.29) is 23.8 Å². The van der Waals surface area contributed by atoms with Crippen molar-refractivity contribution in [2.24, 2.45) is 0 Å². The molecule has 0 fully saturated rings. The Hall–Kier alpha value is -3.94. The third-order valence-electron chi connectivity index (χ3n) is 4.84. The molecular formula is C24H25N3O5. The minimum absolute atomic E-state index is 0.159. The number of benzene rings is 2. The number of amides is 2. The second kappa shape index (κ2) is 9.91. The summed E-state index contributed by atoms with van der Waals surface area (Å²) in [6.45, 7) is 6.61. The van der Waals surface area contributed by atoms with Crippen LogP contribution in [0.3, 0.4) is 0 Å². The van der Waals surface area contributed by atoms with E-state index in [2.05, 4.69) is 15.8 Å². The molecule has 8 nitrogen and oxygen atoms in total. The molecule has 0 radical (unpaired) electrons. The fourth-order valence-electron chi connectivity index (χ4n) is 3.40. The van der Waals surface area contributed by atoms with Crippen LogP contribution in [0.1, 0.15) is 32.8 Å². The first-order chi connectivity index (χ1) is 15.3. The molecule has 0 saturated carbocycles. The molecule has 0 aliphatic rings. The van der Waals surface area contributed by atoms with Gasteiger partial charge in [0, 0.05) is 11.3 Å². The predicted octanol–water partition coefficient (Wildman–Crippen LogP) is 3.49. The van der Waals surface area contributed by atoms with Gasteiger partial charge in [-0.15, -0.1) is 0 Å². The van der Waals surface area contributed by atoms with Gasteiger partial charge in [-0.2, -0.15) is 0 Å². The third-order valence-corrected chi connectivity index (χ3v) is 4.84. The number of hydrogen-bond acceptors (Lipinski definition) is 6. The highest BCUT2D eigenvalue weighted by molar-refractivity contribution is 5.99. The number of hydrogen-bond donors (Lipinski definition) is 2. The standard InChI is InChI=1S/C24H25N3O5/c1-14-10-15(2)22(16(3)11-14)26-19(28)12-25-20(29)13-31-24(30)21-17(4)32-27-23(21)18-8-6-5-7-9-18/h5-11H,12-13H2,1-4H3,(H,25,29)(H,26,28). The number of aryl methyl sites for hydroxylation is 4. The van der Waals surface area contributed by atoms with Crippen molar-refractivity contribution in [3.05, 3.63) is 70.5 Å². The van der Waals surface area contributed by atoms with E-state index in [0.29, 0.717) is 11.3 Å². The van der Waals surface area contributed by atoms with Crippen molar-refractivity contribution >= 4 is 23.5 Å². The molecule has 0 atom stereocenters. The van der Waals surface area contributed by atoms with Gasteiger partial charge >= 0.3 is 5.97 Å². The van der Waals surface area contributed by atoms with Gasteiger partial charge in [-0.1, -0.05) is 53.2 Å². The first-order valence-corrected chi connectivity index (χ1v) is 10.1. The monoisotopic (exact) mass is 435 g/mol. The lowest BCUT2D eigenvalue weighted by atomic mass is 10.1. The SMILES string of the molecule is Cc1cc(C)c(NC(=O)CNC(=O)COC(=O)c2c(-c3ccccc3)noc2C)c(C)c1. The van der Waals surface area contributed by atoms with E-state index in [1.165, 1.54) is 0 Å². The lowest BCUT2D eigenvalue weighted by molar-refractivity contribution is -0.126. The molecule has 3 rings (SSSR count). The summed E-state index contributed by atoms with van der Waals surface area (Å²) in [5.41, 5.74) is 4.90. The van der Waals surface area contributed by atoms with Crippen molar-refractivity contribution in [2.45, 2.75) is 27.7 Å². The highest BCUT2D eigenvalue weighted by atomic mass is 16.5. The summed E-state index contributed by atoms with van der Waals surface area (Å²) in [6.07, 6.45) is 0. The molecule has 0 aliphatic carbocycles. The molecular weight excluding hydrogens is 410 g/mol. The van der Waals surface area contributed by atoms with Gasteiger partial charge in [0.15, 0.2) is 6.61 Å². The Morgan fingerprint density at radius 2 is 1.62 bits per heavy atom. The molecule has 3 aromatic rings. The number of nitrogens with one attached hydrogen (secondary N) is 2. The van der Waals surface area contributed by atoms with Crippen molar-refractivity contribution in [3.63, 3.8) is 0 Å². The maximum Gasteiger partial charge on any atom is 0.344 e. The molecule has 0 unspecified atom stereocenters. The molecule has 0 saturated heterocycles. The van der Waals surface area contributed by atoms with Crippen LogP contribution >= 0.6 is 0 Å². The highest BCUT2D eigenvalue weighted by Crippen LogP contribution is 2.25. The lowest BCUT2D eigenvalue weighted by Gasteiger charge is -2.13. The van der Waals surface area contributed by atoms with E-state index in [1.54, 1.807) is 19.1 Å². The highest BCUT2D eigenvalue weighted by Gasteiger charge is 2.23. The average molecular weight is 435 g/mol. The summed E-state index contributed by atoms with van der Waals surface area (Å²) in [5, 5.41) is 9.17. The van der Waals surface area contributed by atoms with Crippen LogP contribution < -0.4 is 10.6 Å². The van der Waals surface area contributed by atoms with Gasteiger partial charge in [-0.3, -0.25) is 9.59 Å². The number of carbonyl (C=O) groups excluding carboxylic acids is 3. The van der Waals surface area contributed by atoms with Gasteiger partial charge in [-0.05, 0) is 38.8 Å². The largest absolute Gasteiger partial charge is 0.452 e. The van der Waals surface area contributed by atoms with Gasteiger partial charge < -0.3 is 19.9 Å². The van der Waals surface area contributed by atoms with Crippen LogP contribution in [0.2, 0.25) is 0 Å². The van der Waals surface area contributed by atoms with Crippen molar-refractivity contribution in [1.29, 1.82) is 0 Å². The quantitative estimate of drug-likeness (QED) is 0.550. The van der Waals surface area contributed by atoms with Gasteiger partial charge in [0.1, 0.15) is 17.0 Å². The van der Waals surface area contributed by atoms with Crippen molar-refractivity contribution in [3.8, 4) is 11.3 Å². The Balaban J connectivity index is 1.53. The number of nitrogens with zero attached hydrogens (tertiary/aromatic N) is 1. The summed E-state index contributed by atoms with van der Waals surface area (Å²) in [4.78, 5) is 36.8. The average Bonchev–Trinajstić information content (AvgIpc) is 3.15. The number of rotatable bonds is 7. The lowest BCUT2D eigenvalue weighted by Crippen LogP contribution is -2.35. The summed E-state index contributed by atoms with van der Waals surface area (Å²) in [6, 6.07) is 13.0. The van der Waals surface area contributed by atoms with Crippen LogP contribution in [0.4, 0.5) is 5.69 Å². The minimum atomic E-state index is -0.729. The molecule has 1 aromatic heterocycles. The Labute approximate surface area is 185 Å². The van der Waals surface area contributed by atoms with Crippen LogP contribution in [0.15, 0.2) is 47.0 Å². The maximum absolute atomic E-state index is 12.5. The molecule has 0 bridgehead atoms. The minimum Gasteiger partial charge on any atom is -0.452 e. The van der Waals surface area contributed by atoms with Gasteiger partial charge in [0.2, 0.25) is 5.91 Å². The summed E-state index contributed by atoms with van der Waals surface area (Å²) in [5.74, 6) is -1.41. The smallest absolute Gasteiger partial charge is 0.344 e. The van der Waals surface area contributed by atoms with Crippen LogP contribution in [0, 0.1) is 27.7 Å². The molecule has 166 valence electrons. The second-order valence-corrected chi connectivity index (χ2v) is 7.50. The van der Waals surface area contributed by atoms with Crippen LogP contribution in [0.5, 0.6) is 0 Å². The van der Waals surface area contributed by atoms with Crippen molar-refractivity contribution in [2.75, 3.05) is 18.5 Å². The molecule has 2 N–H and O–H groups in total. The van der Waals surface area contributed by atoms with E-state index < -0.39 is 18.5 Å². The molecule has 32 heavy (non-hydrogen) atoms. The topological polar surface area (TPSA) is 111 Å². The maximum atomic E-state index is 12.5. The van der Waals surface area contributed by atoms with E-state index in [9.17, 15) is 14.4 Å². The van der Waals surface area contributed by atoms with Crippen LogP contribution in [-0.2, 0) is 14.3 Å². The number of carbonyl (C=O) groups is 3. The zero-order chi connectivity index (χ0) is 23.3. The van der Waals surface area contributed by atoms with E-state index in [1.807, 2.05) is 51.1 Å². The molecule has 0 aliphatic heterocycles. The van der Waals surface area contributed by atoms with Crippen molar-refractivity contribution < 1.29 is 23.6 Å². The van der Waals surface area contributed by atoms with Gasteiger partial charge in [-0.25, -0.2) is 4.79 Å². The van der Waals surface area contributed by atoms with Gasteiger partial charge in [0.25, 0.3) is 5.91 Å². The first-order valence-electron chi connectivity index (χ1n) is 10.1. The zero-order valence-corrected chi connectivity index (χ0v) is 18.4. The molecule has 2 amide bonds. The molecule has 8 heteroatoms. The fourth-order valence-corrected chi connectivity index (χ4v) is 3.40. The Bertz CT molecular complexity index is 1130. The van der Waals surface area contributed by atoms with Crippen LogP contribution in [0.25, 0.3) is 11.3 Å². The Morgan fingerprint density at radius 1 is 0.969 bits per heavy atom. The molecule has 0 spiro atoms. The normalized spacial score (nSPS) is 10.5. The summed E-state index contributed by atoms with van der Waals surface area (Å²) in [7, 11) is 0. The molecule has 1 heterocycles. The fraction of sp³-hybridized carbons (Fsp3) is 0.250. The predicted molar refractivity (Wildman–Crippen MR) is 119 cm³/mol. The van der Waals surface area contributed by atoms with Crippen molar-refractivity contribution in [1.82, 2.24) is 10.5 Å². The zero-order valence-electron chi connectivity index (χ0n) is 18.4. The number of aromatic nitrogens is 1. The number of esters is 1. The summed E-state index contributed by atoms with van der Waals surface area (Å²) >= 11 is 0. The first kappa shape index (κ1) is 22.7. The summed E-state index contributed by atoms with van der Waals surface area (Å²) < 4.78 is 10.2. The van der Waals surface area contributed by atoms with Gasteiger partial charge in [0.05, 0.1) is 6.54 Å². The number of anilines is 1. The Kier molecular flexibility index (Phi) is 7.04. The van der Waals surface area contributed by atoms with E-state index >= 15 is 0 Å². The molecule has 2 aromatic carbocycles.